The number of benzene rings is 1. The number of carbonyl (C=O) groups is 1. The summed E-state index contributed by atoms with van der Waals surface area (Å²) < 4.78 is 1.83. The van der Waals surface area contributed by atoms with Gasteiger partial charge in [-0.25, -0.2) is 0 Å². The molecule has 0 aliphatic carbocycles. The van der Waals surface area contributed by atoms with Crippen molar-refractivity contribution in [1.82, 2.24) is 5.32 Å². The lowest BCUT2D eigenvalue weighted by Crippen LogP contribution is -2.43. The van der Waals surface area contributed by atoms with E-state index < -0.39 is 12.5 Å². The molecule has 32 heavy (non-hydrogen) atoms. The molecule has 1 heterocycles. The molecule has 2 rings (SSSR count). The molecule has 2 unspecified atom stereocenters. The number of aliphatic hydroxyl groups excluding tert-OH is 2. The summed E-state index contributed by atoms with van der Waals surface area (Å²) in [4.78, 5) is 13.5. The highest BCUT2D eigenvalue weighted by atomic mass is 32.1. The number of aliphatic hydroxyl groups is 2. The number of nitrogens with zero attached hydrogens (tertiary/aromatic N) is 2. The van der Waals surface area contributed by atoms with Crippen LogP contribution in [-0.2, 0) is 11.3 Å². The van der Waals surface area contributed by atoms with Crippen molar-refractivity contribution in [3.05, 3.63) is 59.9 Å². The first-order valence-electron chi connectivity index (χ1n) is 11.3. The molecule has 1 aromatic carbocycles. The number of amides is 1. The summed E-state index contributed by atoms with van der Waals surface area (Å²) in [5, 5.41) is 23.8. The molecular formula is C25H36N3O3S+. The Balaban J connectivity index is 2.03. The highest BCUT2D eigenvalue weighted by Crippen LogP contribution is 2.23. The second kappa shape index (κ2) is 13.9. The van der Waals surface area contributed by atoms with E-state index in [0.717, 1.165) is 29.7 Å². The van der Waals surface area contributed by atoms with Gasteiger partial charge in [0, 0.05) is 30.1 Å². The third-order valence-corrected chi connectivity index (χ3v) is 5.30. The summed E-state index contributed by atoms with van der Waals surface area (Å²) in [6.07, 6.45) is 9.26. The lowest BCUT2D eigenvalue weighted by molar-refractivity contribution is -0.684. The number of aromatic nitrogens is 1. The van der Waals surface area contributed by atoms with Gasteiger partial charge in [-0.05, 0) is 36.1 Å². The molecule has 0 spiro atoms. The molecule has 0 saturated carbocycles. The van der Waals surface area contributed by atoms with E-state index in [1.165, 1.54) is 0 Å². The Morgan fingerprint density at radius 3 is 2.03 bits per heavy atom. The van der Waals surface area contributed by atoms with E-state index in [2.05, 4.69) is 17.9 Å². The summed E-state index contributed by atoms with van der Waals surface area (Å²) in [5.41, 5.74) is 2.85. The van der Waals surface area contributed by atoms with E-state index >= 15 is 0 Å². The van der Waals surface area contributed by atoms with Crippen molar-refractivity contribution in [3.63, 3.8) is 0 Å². The number of pyridine rings is 1. The minimum absolute atomic E-state index is 0.0328. The van der Waals surface area contributed by atoms with Crippen LogP contribution < -0.4 is 14.8 Å². The van der Waals surface area contributed by atoms with Gasteiger partial charge < -0.3 is 20.4 Å². The Labute approximate surface area is 197 Å². The first-order valence-corrected chi connectivity index (χ1v) is 11.9. The van der Waals surface area contributed by atoms with Crippen molar-refractivity contribution in [2.45, 2.75) is 58.5 Å². The standard InChI is InChI=1S/C25H35N3O3S/c1-3-5-24(30)28(25(31)6-4-2)22-11-9-20(10-12-22)7-8-21-13-16-27(17-14-21)19-23(29)26-15-18-32/h7-14,16-17,24-25,30-31H,3-6,15,18-19H2,1-2H3,(H-,26,29,32)/p+1. The van der Waals surface area contributed by atoms with Crippen LogP contribution in [0.1, 0.15) is 50.7 Å². The monoisotopic (exact) mass is 458 g/mol. The largest absolute Gasteiger partial charge is 0.374 e. The number of hydrogen-bond donors (Lipinski definition) is 4. The van der Waals surface area contributed by atoms with Crippen molar-refractivity contribution in [3.8, 4) is 0 Å². The van der Waals surface area contributed by atoms with Gasteiger partial charge in [0.15, 0.2) is 12.4 Å². The van der Waals surface area contributed by atoms with Gasteiger partial charge >= 0.3 is 0 Å². The molecule has 1 amide bonds. The lowest BCUT2D eigenvalue weighted by Gasteiger charge is -2.34. The van der Waals surface area contributed by atoms with Crippen LogP contribution in [0.2, 0.25) is 0 Å². The van der Waals surface area contributed by atoms with Gasteiger partial charge in [0.25, 0.3) is 5.91 Å². The number of anilines is 1. The Hall–Kier alpha value is -2.35. The zero-order chi connectivity index (χ0) is 23.3. The molecule has 0 bridgehead atoms. The van der Waals surface area contributed by atoms with E-state index in [0.29, 0.717) is 25.1 Å². The second-order valence-corrected chi connectivity index (χ2v) is 8.20. The number of carbonyl (C=O) groups excluding carboxylic acids is 1. The molecule has 0 aliphatic rings. The maximum atomic E-state index is 11.8. The third kappa shape index (κ3) is 8.30. The van der Waals surface area contributed by atoms with Crippen LogP contribution in [0.4, 0.5) is 5.69 Å². The first kappa shape index (κ1) is 25.9. The van der Waals surface area contributed by atoms with E-state index in [1.807, 2.05) is 79.4 Å². The van der Waals surface area contributed by atoms with Crippen molar-refractivity contribution >= 4 is 36.4 Å². The fourth-order valence-corrected chi connectivity index (χ4v) is 3.50. The third-order valence-electron chi connectivity index (χ3n) is 5.07. The van der Waals surface area contributed by atoms with E-state index in [4.69, 9.17) is 0 Å². The van der Waals surface area contributed by atoms with Gasteiger partial charge in [-0.15, -0.1) is 0 Å². The lowest BCUT2D eigenvalue weighted by atomic mass is 10.1. The van der Waals surface area contributed by atoms with Crippen LogP contribution in [-0.4, -0.2) is 40.9 Å². The highest BCUT2D eigenvalue weighted by molar-refractivity contribution is 7.80. The predicted molar refractivity (Wildman–Crippen MR) is 133 cm³/mol. The number of thiol groups is 1. The highest BCUT2D eigenvalue weighted by Gasteiger charge is 2.22. The molecule has 0 fully saturated rings. The quantitative estimate of drug-likeness (QED) is 0.211. The Kier molecular flexibility index (Phi) is 11.3. The summed E-state index contributed by atoms with van der Waals surface area (Å²) in [6, 6.07) is 11.7. The van der Waals surface area contributed by atoms with E-state index in [1.54, 1.807) is 4.90 Å². The van der Waals surface area contributed by atoms with E-state index in [9.17, 15) is 15.0 Å². The fourth-order valence-electron chi connectivity index (χ4n) is 3.39. The Morgan fingerprint density at radius 1 is 1.00 bits per heavy atom. The second-order valence-electron chi connectivity index (χ2n) is 7.75. The molecule has 2 aromatic rings. The molecule has 0 radical (unpaired) electrons. The summed E-state index contributed by atoms with van der Waals surface area (Å²) in [6.45, 7) is 4.88. The molecule has 3 N–H and O–H groups in total. The molecule has 0 saturated heterocycles. The summed E-state index contributed by atoms with van der Waals surface area (Å²) in [7, 11) is 0. The van der Waals surface area contributed by atoms with Crippen LogP contribution in [0.3, 0.4) is 0 Å². The normalized spacial score (nSPS) is 13.2. The summed E-state index contributed by atoms with van der Waals surface area (Å²) >= 11 is 4.08. The van der Waals surface area contributed by atoms with Crippen LogP contribution in [0, 0.1) is 0 Å². The maximum Gasteiger partial charge on any atom is 0.286 e. The summed E-state index contributed by atoms with van der Waals surface area (Å²) in [5.74, 6) is 0.590. The Morgan fingerprint density at radius 2 is 1.53 bits per heavy atom. The van der Waals surface area contributed by atoms with E-state index in [-0.39, 0.29) is 12.5 Å². The minimum Gasteiger partial charge on any atom is -0.374 e. The average Bonchev–Trinajstić information content (AvgIpc) is 2.78. The van der Waals surface area contributed by atoms with Crippen molar-refractivity contribution in [2.24, 2.45) is 0 Å². The predicted octanol–water partition coefficient (Wildman–Crippen LogP) is 3.23. The molecular weight excluding hydrogens is 422 g/mol. The molecule has 0 aliphatic heterocycles. The molecule has 7 heteroatoms. The molecule has 6 nitrogen and oxygen atoms in total. The Bertz CT molecular complexity index is 829. The average molecular weight is 459 g/mol. The van der Waals surface area contributed by atoms with Gasteiger partial charge in [-0.3, -0.25) is 4.79 Å². The van der Waals surface area contributed by atoms with Crippen molar-refractivity contribution in [2.75, 3.05) is 17.2 Å². The molecule has 1 aromatic heterocycles. The molecule has 174 valence electrons. The molecule has 2 atom stereocenters. The maximum absolute atomic E-state index is 11.8. The van der Waals surface area contributed by atoms with Gasteiger partial charge in [-0.1, -0.05) is 51.0 Å². The smallest absolute Gasteiger partial charge is 0.286 e. The fraction of sp³-hybridized carbons (Fsp3) is 0.440. The van der Waals surface area contributed by atoms with Gasteiger partial charge in [0.05, 0.1) is 0 Å². The van der Waals surface area contributed by atoms with Gasteiger partial charge in [0.1, 0.15) is 12.5 Å². The van der Waals surface area contributed by atoms with Crippen LogP contribution in [0.5, 0.6) is 0 Å². The van der Waals surface area contributed by atoms with Crippen LogP contribution >= 0.6 is 12.6 Å². The van der Waals surface area contributed by atoms with Crippen molar-refractivity contribution in [1.29, 1.82) is 0 Å². The number of rotatable bonds is 13. The number of nitrogens with one attached hydrogen (secondary N) is 1. The minimum atomic E-state index is -0.709. The number of hydrogen-bond acceptors (Lipinski definition) is 5. The zero-order valence-corrected chi connectivity index (χ0v) is 19.9. The topological polar surface area (TPSA) is 76.7 Å². The van der Waals surface area contributed by atoms with Crippen molar-refractivity contribution < 1.29 is 19.6 Å². The van der Waals surface area contributed by atoms with Crippen LogP contribution in [0.15, 0.2) is 48.8 Å². The first-order chi connectivity index (χ1) is 15.5. The van der Waals surface area contributed by atoms with Gasteiger partial charge in [-0.2, -0.15) is 17.2 Å². The van der Waals surface area contributed by atoms with Crippen LogP contribution in [0.25, 0.3) is 12.2 Å². The SMILES string of the molecule is CCCC(O)N(c1ccc(/C=C/c2cc[n+](CC(=O)NCCS)cc2)cc1)C(O)CCC. The van der Waals surface area contributed by atoms with Gasteiger partial charge in [0.2, 0.25) is 6.54 Å². The zero-order valence-electron chi connectivity index (χ0n) is 19.0.